The van der Waals surface area contributed by atoms with Crippen molar-refractivity contribution < 1.29 is 9.13 Å². The Morgan fingerprint density at radius 1 is 1.50 bits per heavy atom. The number of halogens is 2. The van der Waals surface area contributed by atoms with Gasteiger partial charge in [0.15, 0.2) is 0 Å². The van der Waals surface area contributed by atoms with Crippen molar-refractivity contribution in [3.05, 3.63) is 29.0 Å². The molecule has 2 rings (SSSR count). The van der Waals surface area contributed by atoms with E-state index in [0.29, 0.717) is 17.3 Å². The first-order valence-corrected chi connectivity index (χ1v) is 6.54. The van der Waals surface area contributed by atoms with Crippen LogP contribution in [0.25, 0.3) is 0 Å². The first-order chi connectivity index (χ1) is 8.58. The number of benzene rings is 1. The van der Waals surface area contributed by atoms with Gasteiger partial charge in [0.05, 0.1) is 18.2 Å². The standard InChI is InChI=1S/C13H18ClFN2O/c1-8-2-3-13(18-8)12(7-16)17-11-5-9(14)4-10(15)6-11/h4-6,8,12-13,17H,2-3,7,16H2,1H3. The molecule has 1 aliphatic heterocycles. The maximum absolute atomic E-state index is 13.2. The average Bonchev–Trinajstić information content (AvgIpc) is 2.71. The van der Waals surface area contributed by atoms with E-state index in [0.717, 1.165) is 12.8 Å². The summed E-state index contributed by atoms with van der Waals surface area (Å²) in [7, 11) is 0. The fraction of sp³-hybridized carbons (Fsp3) is 0.538. The van der Waals surface area contributed by atoms with Crippen LogP contribution in [0.1, 0.15) is 19.8 Å². The first kappa shape index (κ1) is 13.6. The maximum atomic E-state index is 13.2. The van der Waals surface area contributed by atoms with Crippen LogP contribution in [0.5, 0.6) is 0 Å². The second kappa shape index (κ2) is 5.87. The highest BCUT2D eigenvalue weighted by atomic mass is 35.5. The summed E-state index contributed by atoms with van der Waals surface area (Å²) in [4.78, 5) is 0. The molecule has 100 valence electrons. The van der Waals surface area contributed by atoms with Gasteiger partial charge in [0, 0.05) is 17.3 Å². The molecule has 0 aliphatic carbocycles. The van der Waals surface area contributed by atoms with Crippen molar-refractivity contribution in [2.45, 2.75) is 38.0 Å². The van der Waals surface area contributed by atoms with Gasteiger partial charge < -0.3 is 15.8 Å². The summed E-state index contributed by atoms with van der Waals surface area (Å²) >= 11 is 5.82. The Morgan fingerprint density at radius 2 is 2.28 bits per heavy atom. The lowest BCUT2D eigenvalue weighted by molar-refractivity contribution is 0.0460. The van der Waals surface area contributed by atoms with Gasteiger partial charge in [-0.15, -0.1) is 0 Å². The Hall–Kier alpha value is -0.840. The third kappa shape index (κ3) is 3.34. The molecule has 3 nitrogen and oxygen atoms in total. The largest absolute Gasteiger partial charge is 0.378 e. The van der Waals surface area contributed by atoms with Gasteiger partial charge in [-0.05, 0) is 38.0 Å². The van der Waals surface area contributed by atoms with Crippen molar-refractivity contribution >= 4 is 17.3 Å². The van der Waals surface area contributed by atoms with Gasteiger partial charge in [-0.25, -0.2) is 4.39 Å². The summed E-state index contributed by atoms with van der Waals surface area (Å²) in [6, 6.07) is 4.35. The van der Waals surface area contributed by atoms with Crippen molar-refractivity contribution in [1.29, 1.82) is 0 Å². The van der Waals surface area contributed by atoms with Crippen LogP contribution < -0.4 is 11.1 Å². The van der Waals surface area contributed by atoms with Crippen LogP contribution in [0, 0.1) is 5.82 Å². The summed E-state index contributed by atoms with van der Waals surface area (Å²) in [5, 5.41) is 3.57. The lowest BCUT2D eigenvalue weighted by atomic mass is 10.1. The fourth-order valence-corrected chi connectivity index (χ4v) is 2.51. The molecule has 1 saturated heterocycles. The Morgan fingerprint density at radius 3 is 2.83 bits per heavy atom. The van der Waals surface area contributed by atoms with Gasteiger partial charge in [0.1, 0.15) is 5.82 Å². The summed E-state index contributed by atoms with van der Waals surface area (Å²) in [6.07, 6.45) is 2.35. The van der Waals surface area contributed by atoms with E-state index in [1.165, 1.54) is 12.1 Å². The highest BCUT2D eigenvalue weighted by Gasteiger charge is 2.28. The third-order valence-corrected chi connectivity index (χ3v) is 3.40. The predicted octanol–water partition coefficient (Wildman–Crippen LogP) is 2.79. The van der Waals surface area contributed by atoms with E-state index in [-0.39, 0.29) is 24.1 Å². The molecule has 3 atom stereocenters. The van der Waals surface area contributed by atoms with Crippen molar-refractivity contribution in [3.8, 4) is 0 Å². The van der Waals surface area contributed by atoms with E-state index in [2.05, 4.69) is 5.32 Å². The van der Waals surface area contributed by atoms with Gasteiger partial charge >= 0.3 is 0 Å². The molecule has 1 aliphatic rings. The second-order valence-electron chi connectivity index (χ2n) is 4.71. The molecule has 3 unspecified atom stereocenters. The van der Waals surface area contributed by atoms with Crippen LogP contribution in [-0.4, -0.2) is 24.8 Å². The van der Waals surface area contributed by atoms with Gasteiger partial charge in [-0.1, -0.05) is 11.6 Å². The first-order valence-electron chi connectivity index (χ1n) is 6.16. The number of nitrogens with one attached hydrogen (secondary N) is 1. The number of hydrogen-bond donors (Lipinski definition) is 2. The van der Waals surface area contributed by atoms with E-state index >= 15 is 0 Å². The molecule has 5 heteroatoms. The zero-order chi connectivity index (χ0) is 13.1. The van der Waals surface area contributed by atoms with Crippen LogP contribution in [0.2, 0.25) is 5.02 Å². The smallest absolute Gasteiger partial charge is 0.126 e. The fourth-order valence-electron chi connectivity index (χ4n) is 2.28. The molecule has 0 aromatic heterocycles. The monoisotopic (exact) mass is 272 g/mol. The Bertz CT molecular complexity index is 396. The molecule has 0 saturated carbocycles. The van der Waals surface area contributed by atoms with Gasteiger partial charge in [0.25, 0.3) is 0 Å². The quantitative estimate of drug-likeness (QED) is 0.886. The molecule has 1 aromatic carbocycles. The summed E-state index contributed by atoms with van der Waals surface area (Å²) in [6.45, 7) is 2.48. The van der Waals surface area contributed by atoms with Crippen LogP contribution >= 0.6 is 11.6 Å². The lowest BCUT2D eigenvalue weighted by Crippen LogP contribution is -2.40. The van der Waals surface area contributed by atoms with Crippen molar-refractivity contribution in [1.82, 2.24) is 0 Å². The number of anilines is 1. The Kier molecular flexibility index (Phi) is 4.43. The normalized spacial score (nSPS) is 25.1. The number of nitrogens with two attached hydrogens (primary N) is 1. The molecule has 3 N–H and O–H groups in total. The summed E-state index contributed by atoms with van der Waals surface area (Å²) in [5.74, 6) is -0.360. The third-order valence-electron chi connectivity index (χ3n) is 3.18. The minimum atomic E-state index is -0.360. The highest BCUT2D eigenvalue weighted by Crippen LogP contribution is 2.25. The molecular weight excluding hydrogens is 255 g/mol. The zero-order valence-electron chi connectivity index (χ0n) is 10.3. The van der Waals surface area contributed by atoms with E-state index in [1.54, 1.807) is 6.07 Å². The molecule has 18 heavy (non-hydrogen) atoms. The van der Waals surface area contributed by atoms with Crippen molar-refractivity contribution in [2.75, 3.05) is 11.9 Å². The molecule has 0 amide bonds. The van der Waals surface area contributed by atoms with Gasteiger partial charge in [-0.3, -0.25) is 0 Å². The summed E-state index contributed by atoms with van der Waals surface area (Å²) in [5.41, 5.74) is 6.39. The summed E-state index contributed by atoms with van der Waals surface area (Å²) < 4.78 is 19.0. The molecule has 1 fully saturated rings. The van der Waals surface area contributed by atoms with Crippen LogP contribution in [0.3, 0.4) is 0 Å². The zero-order valence-corrected chi connectivity index (χ0v) is 11.1. The van der Waals surface area contributed by atoms with Gasteiger partial charge in [-0.2, -0.15) is 0 Å². The minimum absolute atomic E-state index is 0.0205. The predicted molar refractivity (Wildman–Crippen MR) is 71.4 cm³/mol. The van der Waals surface area contributed by atoms with Crippen LogP contribution in [0.4, 0.5) is 10.1 Å². The number of rotatable bonds is 4. The second-order valence-corrected chi connectivity index (χ2v) is 5.14. The molecule has 1 aromatic rings. The van der Waals surface area contributed by atoms with Crippen LogP contribution in [-0.2, 0) is 4.74 Å². The van der Waals surface area contributed by atoms with E-state index in [4.69, 9.17) is 22.1 Å². The van der Waals surface area contributed by atoms with Crippen LogP contribution in [0.15, 0.2) is 18.2 Å². The molecule has 0 spiro atoms. The maximum Gasteiger partial charge on any atom is 0.126 e. The SMILES string of the molecule is CC1CCC(C(CN)Nc2cc(F)cc(Cl)c2)O1. The van der Waals surface area contributed by atoms with E-state index < -0.39 is 0 Å². The van der Waals surface area contributed by atoms with E-state index in [1.807, 2.05) is 6.92 Å². The lowest BCUT2D eigenvalue weighted by Gasteiger charge is -2.24. The number of ether oxygens (including phenoxy) is 1. The molecule has 1 heterocycles. The Balaban J connectivity index is 2.05. The van der Waals surface area contributed by atoms with Crippen molar-refractivity contribution in [3.63, 3.8) is 0 Å². The number of hydrogen-bond acceptors (Lipinski definition) is 3. The van der Waals surface area contributed by atoms with Gasteiger partial charge in [0.2, 0.25) is 0 Å². The molecular formula is C13H18ClFN2O. The average molecular weight is 273 g/mol. The topological polar surface area (TPSA) is 47.3 Å². The van der Waals surface area contributed by atoms with Crippen molar-refractivity contribution in [2.24, 2.45) is 5.73 Å². The molecule has 0 radical (unpaired) electrons. The highest BCUT2D eigenvalue weighted by molar-refractivity contribution is 6.30. The van der Waals surface area contributed by atoms with E-state index in [9.17, 15) is 4.39 Å². The molecule has 0 bridgehead atoms. The minimum Gasteiger partial charge on any atom is -0.378 e. The Labute approximate surface area is 111 Å².